The Bertz CT molecular complexity index is 1040. The lowest BCUT2D eigenvalue weighted by Gasteiger charge is -2.26. The summed E-state index contributed by atoms with van der Waals surface area (Å²) in [5, 5.41) is 2.17. The Morgan fingerprint density at radius 2 is 1.80 bits per heavy atom. The molecule has 7 heteroatoms. The molecule has 0 aliphatic carbocycles. The number of rotatable bonds is 5. The van der Waals surface area contributed by atoms with E-state index in [0.717, 1.165) is 33.9 Å². The molecular formula is C23H23FN2O4. The number of hydrogen-bond acceptors (Lipinski definition) is 4. The number of nitrogens with zero attached hydrogens (tertiary/aromatic N) is 1. The van der Waals surface area contributed by atoms with E-state index >= 15 is 0 Å². The van der Waals surface area contributed by atoms with E-state index < -0.39 is 23.7 Å². The van der Waals surface area contributed by atoms with Crippen LogP contribution in [0.3, 0.4) is 0 Å². The van der Waals surface area contributed by atoms with E-state index in [1.165, 1.54) is 18.2 Å². The van der Waals surface area contributed by atoms with Crippen LogP contribution in [-0.4, -0.2) is 24.5 Å². The molecule has 6 nitrogen and oxygen atoms in total. The second-order valence-electron chi connectivity index (χ2n) is 7.27. The summed E-state index contributed by atoms with van der Waals surface area (Å²) in [7, 11) is 0. The van der Waals surface area contributed by atoms with Crippen LogP contribution in [0.15, 0.2) is 42.0 Å². The average Bonchev–Trinajstić information content (AvgIpc) is 2.67. The van der Waals surface area contributed by atoms with Crippen molar-refractivity contribution in [3.63, 3.8) is 0 Å². The number of barbiturate groups is 1. The van der Waals surface area contributed by atoms with Gasteiger partial charge in [-0.15, -0.1) is 0 Å². The third kappa shape index (κ3) is 4.10. The van der Waals surface area contributed by atoms with Crippen LogP contribution in [0.4, 0.5) is 14.9 Å². The van der Waals surface area contributed by atoms with Crippen LogP contribution in [0.25, 0.3) is 6.08 Å². The molecule has 1 aliphatic rings. The molecule has 0 atom stereocenters. The lowest BCUT2D eigenvalue weighted by atomic mass is 9.95. The molecule has 0 aromatic heterocycles. The van der Waals surface area contributed by atoms with Gasteiger partial charge in [-0.2, -0.15) is 0 Å². The van der Waals surface area contributed by atoms with Gasteiger partial charge >= 0.3 is 6.03 Å². The highest BCUT2D eigenvalue weighted by Gasteiger charge is 2.37. The van der Waals surface area contributed by atoms with Gasteiger partial charge in [0.15, 0.2) is 0 Å². The Hall–Kier alpha value is -3.48. The average molecular weight is 410 g/mol. The summed E-state index contributed by atoms with van der Waals surface area (Å²) in [6.45, 7) is 8.33. The van der Waals surface area contributed by atoms with Gasteiger partial charge in [0.2, 0.25) is 0 Å². The molecule has 1 saturated heterocycles. The summed E-state index contributed by atoms with van der Waals surface area (Å²) in [5.41, 5.74) is 2.43. The molecule has 3 rings (SSSR count). The normalized spacial score (nSPS) is 15.7. The van der Waals surface area contributed by atoms with Crippen LogP contribution in [0.5, 0.6) is 5.75 Å². The predicted octanol–water partition coefficient (Wildman–Crippen LogP) is 4.32. The zero-order valence-electron chi connectivity index (χ0n) is 17.3. The molecule has 0 spiro atoms. The fourth-order valence-electron chi connectivity index (χ4n) is 3.24. The minimum absolute atomic E-state index is 0.164. The topological polar surface area (TPSA) is 75.7 Å². The van der Waals surface area contributed by atoms with Crippen molar-refractivity contribution in [2.24, 2.45) is 0 Å². The first-order chi connectivity index (χ1) is 14.2. The smallest absolute Gasteiger partial charge is 0.335 e. The number of aryl methyl sites for hydroxylation is 1. The van der Waals surface area contributed by atoms with E-state index in [-0.39, 0.29) is 17.2 Å². The first-order valence-corrected chi connectivity index (χ1v) is 9.67. The second kappa shape index (κ2) is 8.49. The predicted molar refractivity (Wildman–Crippen MR) is 112 cm³/mol. The molecule has 156 valence electrons. The first kappa shape index (κ1) is 21.2. The number of nitrogens with one attached hydrogen (secondary N) is 1. The number of benzene rings is 2. The van der Waals surface area contributed by atoms with Crippen LogP contribution >= 0.6 is 0 Å². The van der Waals surface area contributed by atoms with Crippen molar-refractivity contribution in [3.8, 4) is 5.75 Å². The number of amides is 4. The van der Waals surface area contributed by atoms with Crippen molar-refractivity contribution in [3.05, 3.63) is 64.5 Å². The summed E-state index contributed by atoms with van der Waals surface area (Å²) < 4.78 is 18.9. The highest BCUT2D eigenvalue weighted by molar-refractivity contribution is 6.39. The Balaban J connectivity index is 2.06. The van der Waals surface area contributed by atoms with Crippen molar-refractivity contribution in [1.29, 1.82) is 0 Å². The third-order valence-electron chi connectivity index (χ3n) is 4.81. The lowest BCUT2D eigenvalue weighted by molar-refractivity contribution is -0.122. The number of carbonyl (C=O) groups is 3. The third-order valence-corrected chi connectivity index (χ3v) is 4.81. The second-order valence-corrected chi connectivity index (χ2v) is 7.27. The zero-order valence-corrected chi connectivity index (χ0v) is 17.3. The number of carbonyl (C=O) groups excluding carboxylic acids is 3. The van der Waals surface area contributed by atoms with Crippen LogP contribution in [0.2, 0.25) is 0 Å². The van der Waals surface area contributed by atoms with E-state index in [1.54, 1.807) is 0 Å². The van der Waals surface area contributed by atoms with Gasteiger partial charge in [-0.05, 0) is 78.9 Å². The van der Waals surface area contributed by atoms with E-state index in [0.29, 0.717) is 12.2 Å². The molecule has 0 unspecified atom stereocenters. The SMILES string of the molecule is CCOc1cc(C)c(C=C2C(=O)NC(=O)N(c3ccc(F)cc3)C2=O)cc1C(C)C. The fraction of sp³-hybridized carbons (Fsp3) is 0.261. The number of halogens is 1. The molecule has 1 fully saturated rings. The van der Waals surface area contributed by atoms with Gasteiger partial charge in [-0.25, -0.2) is 14.1 Å². The molecule has 0 saturated carbocycles. The van der Waals surface area contributed by atoms with Crippen LogP contribution in [-0.2, 0) is 9.59 Å². The minimum Gasteiger partial charge on any atom is -0.494 e. The minimum atomic E-state index is -0.875. The fourth-order valence-corrected chi connectivity index (χ4v) is 3.24. The van der Waals surface area contributed by atoms with Crippen molar-refractivity contribution in [2.75, 3.05) is 11.5 Å². The van der Waals surface area contributed by atoms with Crippen molar-refractivity contribution >= 4 is 29.6 Å². The molecule has 1 N–H and O–H groups in total. The Labute approximate surface area is 174 Å². The molecule has 0 radical (unpaired) electrons. The summed E-state index contributed by atoms with van der Waals surface area (Å²) in [6, 6.07) is 7.78. The maximum atomic E-state index is 13.2. The van der Waals surface area contributed by atoms with Crippen LogP contribution in [0.1, 0.15) is 43.4 Å². The van der Waals surface area contributed by atoms with Gasteiger partial charge in [0, 0.05) is 0 Å². The van der Waals surface area contributed by atoms with Gasteiger partial charge in [0.25, 0.3) is 11.8 Å². The molecule has 30 heavy (non-hydrogen) atoms. The van der Waals surface area contributed by atoms with E-state index in [4.69, 9.17) is 4.74 Å². The van der Waals surface area contributed by atoms with Gasteiger partial charge in [-0.3, -0.25) is 14.9 Å². The molecule has 2 aromatic carbocycles. The molecule has 4 amide bonds. The highest BCUT2D eigenvalue weighted by Crippen LogP contribution is 2.31. The molecular weight excluding hydrogens is 387 g/mol. The van der Waals surface area contributed by atoms with E-state index in [9.17, 15) is 18.8 Å². The van der Waals surface area contributed by atoms with Crippen molar-refractivity contribution < 1.29 is 23.5 Å². The lowest BCUT2D eigenvalue weighted by Crippen LogP contribution is -2.54. The summed E-state index contributed by atoms with van der Waals surface area (Å²) >= 11 is 0. The van der Waals surface area contributed by atoms with Crippen LogP contribution < -0.4 is 15.0 Å². The summed E-state index contributed by atoms with van der Waals surface area (Å²) in [5.74, 6) is -1.12. The number of ether oxygens (including phenoxy) is 1. The summed E-state index contributed by atoms with van der Waals surface area (Å²) in [4.78, 5) is 38.5. The quantitative estimate of drug-likeness (QED) is 0.588. The Morgan fingerprint density at radius 1 is 1.13 bits per heavy atom. The number of urea groups is 1. The number of imide groups is 2. The Morgan fingerprint density at radius 3 is 2.40 bits per heavy atom. The maximum Gasteiger partial charge on any atom is 0.335 e. The van der Waals surface area contributed by atoms with E-state index in [1.807, 2.05) is 39.8 Å². The summed E-state index contributed by atoms with van der Waals surface area (Å²) in [6.07, 6.45) is 1.47. The van der Waals surface area contributed by atoms with Crippen molar-refractivity contribution in [2.45, 2.75) is 33.6 Å². The largest absolute Gasteiger partial charge is 0.494 e. The molecule has 1 aliphatic heterocycles. The Kier molecular flexibility index (Phi) is 6.01. The first-order valence-electron chi connectivity index (χ1n) is 9.67. The van der Waals surface area contributed by atoms with Gasteiger partial charge in [-0.1, -0.05) is 13.8 Å². The number of anilines is 1. The molecule has 0 bridgehead atoms. The van der Waals surface area contributed by atoms with E-state index in [2.05, 4.69) is 5.32 Å². The monoisotopic (exact) mass is 410 g/mol. The molecule has 2 aromatic rings. The number of hydrogen-bond donors (Lipinski definition) is 1. The van der Waals surface area contributed by atoms with Gasteiger partial charge in [0.1, 0.15) is 17.1 Å². The standard InChI is InChI=1S/C23H23FN2O4/c1-5-30-20-10-14(4)15(11-18(20)13(2)3)12-19-21(27)25-23(29)26(22(19)28)17-8-6-16(24)7-9-17/h6-13H,5H2,1-4H3,(H,25,27,29). The van der Waals surface area contributed by atoms with Gasteiger partial charge < -0.3 is 4.74 Å². The maximum absolute atomic E-state index is 13.2. The highest BCUT2D eigenvalue weighted by atomic mass is 19.1. The van der Waals surface area contributed by atoms with Crippen LogP contribution in [0, 0.1) is 12.7 Å². The molecule has 1 heterocycles. The van der Waals surface area contributed by atoms with Crippen molar-refractivity contribution in [1.82, 2.24) is 5.32 Å². The zero-order chi connectivity index (χ0) is 22.0. The van der Waals surface area contributed by atoms with Gasteiger partial charge in [0.05, 0.1) is 12.3 Å².